The van der Waals surface area contributed by atoms with Gasteiger partial charge < -0.3 is 15.2 Å². The molecule has 0 bridgehead atoms. The predicted molar refractivity (Wildman–Crippen MR) is 113 cm³/mol. The second-order valence-corrected chi connectivity index (χ2v) is 7.37. The molecule has 8 heteroatoms. The van der Waals surface area contributed by atoms with Gasteiger partial charge >= 0.3 is 6.03 Å². The number of hydrogen-bond acceptors (Lipinski definition) is 4. The second kappa shape index (κ2) is 8.36. The van der Waals surface area contributed by atoms with E-state index in [0.29, 0.717) is 18.7 Å². The Bertz CT molecular complexity index is 1090. The van der Waals surface area contributed by atoms with Gasteiger partial charge in [-0.15, -0.1) is 0 Å². The number of aryl methyl sites for hydroxylation is 1. The normalized spacial score (nSPS) is 16.2. The van der Waals surface area contributed by atoms with Crippen LogP contribution in [0.25, 0.3) is 11.0 Å². The number of carbonyl (C=O) groups excluding carboxylic acids is 3. The first-order chi connectivity index (χ1) is 14.5. The van der Waals surface area contributed by atoms with Crippen LogP contribution >= 0.6 is 0 Å². The summed E-state index contributed by atoms with van der Waals surface area (Å²) in [5, 5.41) is 5.51. The fraction of sp³-hybridized carbons (Fsp3) is 0.273. The van der Waals surface area contributed by atoms with Crippen molar-refractivity contribution in [3.63, 3.8) is 0 Å². The molecule has 1 fully saturated rings. The highest BCUT2D eigenvalue weighted by Gasteiger charge is 2.37. The number of nitrogens with one attached hydrogen (secondary N) is 2. The van der Waals surface area contributed by atoms with Gasteiger partial charge in [0.05, 0.1) is 17.4 Å². The minimum absolute atomic E-state index is 0.128. The van der Waals surface area contributed by atoms with E-state index in [-0.39, 0.29) is 24.7 Å². The van der Waals surface area contributed by atoms with Gasteiger partial charge in [-0.05, 0) is 36.6 Å². The Balaban J connectivity index is 1.29. The number of hydrogen-bond donors (Lipinski definition) is 2. The molecule has 8 nitrogen and oxygen atoms in total. The van der Waals surface area contributed by atoms with E-state index < -0.39 is 12.1 Å². The molecule has 2 N–H and O–H groups in total. The highest BCUT2D eigenvalue weighted by molar-refractivity contribution is 6.04. The quantitative estimate of drug-likeness (QED) is 0.590. The lowest BCUT2D eigenvalue weighted by Gasteiger charge is -2.13. The maximum atomic E-state index is 12.6. The molecule has 1 aliphatic heterocycles. The van der Waals surface area contributed by atoms with Crippen LogP contribution in [0, 0.1) is 0 Å². The van der Waals surface area contributed by atoms with Gasteiger partial charge in [0.15, 0.2) is 0 Å². The number of carbonyl (C=O) groups is 3. The Kier molecular flexibility index (Phi) is 5.47. The van der Waals surface area contributed by atoms with Gasteiger partial charge in [-0.1, -0.05) is 30.3 Å². The number of imide groups is 1. The van der Waals surface area contributed by atoms with Crippen LogP contribution in [0.3, 0.4) is 0 Å². The summed E-state index contributed by atoms with van der Waals surface area (Å²) in [4.78, 5) is 42.5. The van der Waals surface area contributed by atoms with Gasteiger partial charge in [0.25, 0.3) is 5.91 Å². The molecule has 2 heterocycles. The van der Waals surface area contributed by atoms with Crippen molar-refractivity contribution < 1.29 is 14.4 Å². The Morgan fingerprint density at radius 2 is 1.97 bits per heavy atom. The van der Waals surface area contributed by atoms with Crippen molar-refractivity contribution >= 4 is 34.6 Å². The zero-order valence-electron chi connectivity index (χ0n) is 16.7. The Labute approximate surface area is 173 Å². The third-order valence-corrected chi connectivity index (χ3v) is 5.24. The molecule has 0 spiro atoms. The van der Waals surface area contributed by atoms with E-state index in [0.717, 1.165) is 16.6 Å². The smallest absolute Gasteiger partial charge is 0.324 e. The van der Waals surface area contributed by atoms with E-state index in [9.17, 15) is 14.4 Å². The molecule has 1 saturated heterocycles. The van der Waals surface area contributed by atoms with Crippen LogP contribution in [0.4, 0.5) is 10.5 Å². The molecule has 0 aliphatic carbocycles. The van der Waals surface area contributed by atoms with Crippen LogP contribution in [0.5, 0.6) is 0 Å². The van der Waals surface area contributed by atoms with E-state index in [1.807, 2.05) is 54.1 Å². The van der Waals surface area contributed by atoms with Crippen LogP contribution in [0.1, 0.15) is 18.4 Å². The summed E-state index contributed by atoms with van der Waals surface area (Å²) in [6.07, 6.45) is 2.70. The molecule has 2 aromatic carbocycles. The molecule has 30 heavy (non-hydrogen) atoms. The zero-order valence-corrected chi connectivity index (χ0v) is 16.7. The zero-order chi connectivity index (χ0) is 21.1. The van der Waals surface area contributed by atoms with Crippen molar-refractivity contribution in [1.29, 1.82) is 0 Å². The molecule has 0 unspecified atom stereocenters. The molecule has 154 valence electrons. The largest absolute Gasteiger partial charge is 0.334 e. The minimum atomic E-state index is -0.669. The van der Waals surface area contributed by atoms with Crippen molar-refractivity contribution in [1.82, 2.24) is 19.8 Å². The van der Waals surface area contributed by atoms with Crippen LogP contribution in [-0.2, 0) is 23.1 Å². The predicted octanol–water partition coefficient (Wildman–Crippen LogP) is 2.46. The number of anilines is 1. The topological polar surface area (TPSA) is 96.3 Å². The first-order valence-electron chi connectivity index (χ1n) is 9.88. The summed E-state index contributed by atoms with van der Waals surface area (Å²) >= 11 is 0. The number of imidazole rings is 1. The molecular formula is C22H23N5O3. The Hall–Kier alpha value is -3.68. The summed E-state index contributed by atoms with van der Waals surface area (Å²) in [5.41, 5.74) is 3.48. The molecule has 1 aromatic heterocycles. The van der Waals surface area contributed by atoms with E-state index in [1.54, 1.807) is 12.4 Å². The average Bonchev–Trinajstić information content (AvgIpc) is 3.24. The second-order valence-electron chi connectivity index (χ2n) is 7.37. The van der Waals surface area contributed by atoms with Crippen molar-refractivity contribution in [2.75, 3.05) is 11.9 Å². The van der Waals surface area contributed by atoms with Gasteiger partial charge in [-0.2, -0.15) is 0 Å². The molecule has 4 rings (SSSR count). The van der Waals surface area contributed by atoms with Crippen molar-refractivity contribution in [3.05, 3.63) is 60.4 Å². The van der Waals surface area contributed by atoms with E-state index in [1.165, 1.54) is 4.90 Å². The highest BCUT2D eigenvalue weighted by Crippen LogP contribution is 2.18. The average molecular weight is 405 g/mol. The molecule has 1 aliphatic rings. The molecule has 0 radical (unpaired) electrons. The van der Waals surface area contributed by atoms with Gasteiger partial charge in [0.1, 0.15) is 6.04 Å². The number of benzene rings is 2. The fourth-order valence-electron chi connectivity index (χ4n) is 3.58. The van der Waals surface area contributed by atoms with Crippen LogP contribution in [-0.4, -0.2) is 44.9 Å². The van der Waals surface area contributed by atoms with Crippen LogP contribution in [0.2, 0.25) is 0 Å². The summed E-state index contributed by atoms with van der Waals surface area (Å²) in [7, 11) is 1.91. The lowest BCUT2D eigenvalue weighted by atomic mass is 10.1. The summed E-state index contributed by atoms with van der Waals surface area (Å²) < 4.78 is 1.90. The first kappa shape index (κ1) is 19.6. The van der Waals surface area contributed by atoms with Crippen molar-refractivity contribution in [2.45, 2.75) is 25.3 Å². The number of nitrogens with zero attached hydrogens (tertiary/aromatic N) is 3. The lowest BCUT2D eigenvalue weighted by molar-refractivity contribution is -0.127. The number of rotatable bonds is 7. The highest BCUT2D eigenvalue weighted by atomic mass is 16.2. The SMILES string of the molecule is Cn1cnc2cc(NC(=O)CC[C@H]3NC(=O)N(CCc4ccccc4)C3=O)ccc21. The van der Waals surface area contributed by atoms with E-state index in [2.05, 4.69) is 15.6 Å². The summed E-state index contributed by atoms with van der Waals surface area (Å²) in [5.74, 6) is -0.492. The van der Waals surface area contributed by atoms with Crippen LogP contribution in [0.15, 0.2) is 54.9 Å². The lowest BCUT2D eigenvalue weighted by Crippen LogP contribution is -2.33. The van der Waals surface area contributed by atoms with Gasteiger partial charge in [0.2, 0.25) is 5.91 Å². The molecule has 0 saturated carbocycles. The summed E-state index contributed by atoms with van der Waals surface area (Å²) in [6, 6.07) is 14.1. The number of fused-ring (bicyclic) bond motifs is 1. The fourth-order valence-corrected chi connectivity index (χ4v) is 3.58. The first-order valence-corrected chi connectivity index (χ1v) is 9.88. The molecule has 1 atom stereocenters. The Morgan fingerprint density at radius 1 is 1.17 bits per heavy atom. The minimum Gasteiger partial charge on any atom is -0.334 e. The van der Waals surface area contributed by atoms with E-state index >= 15 is 0 Å². The number of amides is 4. The van der Waals surface area contributed by atoms with Crippen molar-refractivity contribution in [3.8, 4) is 0 Å². The standard InChI is InChI=1S/C22H23N5O3/c1-26-14-23-18-13-16(7-9-19(18)26)24-20(28)10-8-17-21(29)27(22(30)25-17)12-11-15-5-3-2-4-6-15/h2-7,9,13-14,17H,8,10-12H2,1H3,(H,24,28)(H,25,30)/t17-/m1/s1. The third-order valence-electron chi connectivity index (χ3n) is 5.24. The Morgan fingerprint density at radius 3 is 2.77 bits per heavy atom. The van der Waals surface area contributed by atoms with Gasteiger partial charge in [-0.25, -0.2) is 9.78 Å². The van der Waals surface area contributed by atoms with E-state index in [4.69, 9.17) is 0 Å². The molecule has 3 aromatic rings. The number of urea groups is 1. The maximum Gasteiger partial charge on any atom is 0.324 e. The summed E-state index contributed by atoms with van der Waals surface area (Å²) in [6.45, 7) is 0.321. The van der Waals surface area contributed by atoms with Gasteiger partial charge in [-0.3, -0.25) is 14.5 Å². The van der Waals surface area contributed by atoms with Gasteiger partial charge in [0, 0.05) is 25.7 Å². The third kappa shape index (κ3) is 4.17. The molecule has 4 amide bonds. The maximum absolute atomic E-state index is 12.6. The number of aromatic nitrogens is 2. The van der Waals surface area contributed by atoms with Crippen molar-refractivity contribution in [2.24, 2.45) is 7.05 Å². The monoisotopic (exact) mass is 405 g/mol. The van der Waals surface area contributed by atoms with Crippen LogP contribution < -0.4 is 10.6 Å². The molecular weight excluding hydrogens is 382 g/mol.